The van der Waals surface area contributed by atoms with Crippen LogP contribution in [0.1, 0.15) is 19.8 Å². The van der Waals surface area contributed by atoms with Crippen molar-refractivity contribution in [3.63, 3.8) is 0 Å². The molecule has 0 spiro atoms. The lowest BCUT2D eigenvalue weighted by Crippen LogP contribution is -2.49. The fourth-order valence-corrected chi connectivity index (χ4v) is 3.61. The molecular formula is C14H24N4O2. The van der Waals surface area contributed by atoms with Gasteiger partial charge in [-0.3, -0.25) is 4.79 Å². The normalized spacial score (nSPS) is 31.8. The summed E-state index contributed by atoms with van der Waals surface area (Å²) in [7, 11) is 0. The number of hydrogen-bond acceptors (Lipinski definition) is 3. The standard InChI is InChI=1S/C14H24N4O2/c1-10-8-15-9-12(10)13(19)17-5-2-11(3-6-17)18-7-4-16-14(18)20/h10-12,15H,2-9H2,1H3,(H,16,20). The molecule has 6 nitrogen and oxygen atoms in total. The number of rotatable bonds is 2. The number of urea groups is 1. The highest BCUT2D eigenvalue weighted by molar-refractivity contribution is 5.80. The van der Waals surface area contributed by atoms with Crippen LogP contribution in [0, 0.1) is 11.8 Å². The zero-order valence-electron chi connectivity index (χ0n) is 12.1. The molecule has 112 valence electrons. The summed E-state index contributed by atoms with van der Waals surface area (Å²) in [5, 5.41) is 6.14. The van der Waals surface area contributed by atoms with Crippen molar-refractivity contribution >= 4 is 11.9 Å². The Labute approximate surface area is 119 Å². The molecule has 2 unspecified atom stereocenters. The van der Waals surface area contributed by atoms with Gasteiger partial charge >= 0.3 is 6.03 Å². The van der Waals surface area contributed by atoms with E-state index in [0.29, 0.717) is 17.9 Å². The molecule has 0 aromatic carbocycles. The van der Waals surface area contributed by atoms with Gasteiger partial charge in [-0.1, -0.05) is 6.92 Å². The predicted molar refractivity (Wildman–Crippen MR) is 75.2 cm³/mol. The Kier molecular flexibility index (Phi) is 3.83. The topological polar surface area (TPSA) is 64.7 Å². The van der Waals surface area contributed by atoms with Crippen molar-refractivity contribution in [1.82, 2.24) is 20.4 Å². The van der Waals surface area contributed by atoms with Gasteiger partial charge in [0.15, 0.2) is 0 Å². The molecule has 3 heterocycles. The van der Waals surface area contributed by atoms with Crippen LogP contribution in [0.2, 0.25) is 0 Å². The molecule has 3 fully saturated rings. The summed E-state index contributed by atoms with van der Waals surface area (Å²) in [6.45, 7) is 7.04. The van der Waals surface area contributed by atoms with Crippen LogP contribution in [0.4, 0.5) is 4.79 Å². The van der Waals surface area contributed by atoms with E-state index in [0.717, 1.165) is 52.1 Å². The molecule has 3 aliphatic heterocycles. The van der Waals surface area contributed by atoms with Crippen molar-refractivity contribution in [3.8, 4) is 0 Å². The summed E-state index contributed by atoms with van der Waals surface area (Å²) in [6, 6.07) is 0.365. The second-order valence-electron chi connectivity index (χ2n) is 6.22. The van der Waals surface area contributed by atoms with Crippen LogP contribution in [-0.2, 0) is 4.79 Å². The molecule has 3 aliphatic rings. The summed E-state index contributed by atoms with van der Waals surface area (Å²) >= 11 is 0. The Morgan fingerprint density at radius 3 is 2.50 bits per heavy atom. The third-order valence-corrected chi connectivity index (χ3v) is 4.94. The van der Waals surface area contributed by atoms with Gasteiger partial charge in [0.2, 0.25) is 5.91 Å². The van der Waals surface area contributed by atoms with Crippen LogP contribution in [0.5, 0.6) is 0 Å². The Morgan fingerprint density at radius 1 is 1.20 bits per heavy atom. The molecule has 6 heteroatoms. The molecule has 3 saturated heterocycles. The van der Waals surface area contributed by atoms with E-state index in [4.69, 9.17) is 0 Å². The lowest BCUT2D eigenvalue weighted by molar-refractivity contribution is -0.137. The molecule has 0 aromatic rings. The molecule has 0 saturated carbocycles. The van der Waals surface area contributed by atoms with Gasteiger partial charge in [0.05, 0.1) is 5.92 Å². The maximum atomic E-state index is 12.5. The Bertz CT molecular complexity index is 393. The first kappa shape index (κ1) is 13.7. The quantitative estimate of drug-likeness (QED) is 0.740. The van der Waals surface area contributed by atoms with E-state index in [9.17, 15) is 9.59 Å². The molecule has 0 bridgehead atoms. The molecule has 3 amide bonds. The minimum absolute atomic E-state index is 0.0587. The first-order valence-corrected chi connectivity index (χ1v) is 7.71. The lowest BCUT2D eigenvalue weighted by Gasteiger charge is -2.37. The van der Waals surface area contributed by atoms with Crippen LogP contribution < -0.4 is 10.6 Å². The van der Waals surface area contributed by atoms with E-state index in [1.807, 2.05) is 9.80 Å². The Balaban J connectivity index is 1.53. The van der Waals surface area contributed by atoms with Crippen LogP contribution in [-0.4, -0.2) is 67.0 Å². The molecule has 2 N–H and O–H groups in total. The Morgan fingerprint density at radius 2 is 1.95 bits per heavy atom. The maximum absolute atomic E-state index is 12.5. The van der Waals surface area contributed by atoms with Crippen LogP contribution in [0.15, 0.2) is 0 Å². The summed E-state index contributed by atoms with van der Waals surface area (Å²) in [4.78, 5) is 28.1. The highest BCUT2D eigenvalue weighted by Crippen LogP contribution is 2.23. The number of amides is 3. The molecule has 3 rings (SSSR count). The predicted octanol–water partition coefficient (Wildman–Crippen LogP) is -0.142. The average Bonchev–Trinajstić information content (AvgIpc) is 3.07. The van der Waals surface area contributed by atoms with Gasteiger partial charge in [-0.15, -0.1) is 0 Å². The molecule has 0 aromatic heterocycles. The van der Waals surface area contributed by atoms with E-state index in [1.54, 1.807) is 0 Å². The Hall–Kier alpha value is -1.30. The van der Waals surface area contributed by atoms with Gasteiger partial charge in [-0.2, -0.15) is 0 Å². The van der Waals surface area contributed by atoms with Gasteiger partial charge in [0.1, 0.15) is 0 Å². The summed E-state index contributed by atoms with van der Waals surface area (Å²) in [5.41, 5.74) is 0. The van der Waals surface area contributed by atoms with Gasteiger partial charge in [0, 0.05) is 38.8 Å². The van der Waals surface area contributed by atoms with Crippen molar-refractivity contribution < 1.29 is 9.59 Å². The number of nitrogens with zero attached hydrogens (tertiary/aromatic N) is 2. The number of piperidine rings is 1. The summed E-state index contributed by atoms with van der Waals surface area (Å²) in [6.07, 6.45) is 1.82. The van der Waals surface area contributed by atoms with Gasteiger partial charge < -0.3 is 20.4 Å². The molecule has 2 atom stereocenters. The minimum atomic E-state index is 0.0587. The minimum Gasteiger partial charge on any atom is -0.342 e. The zero-order valence-corrected chi connectivity index (χ0v) is 12.1. The van der Waals surface area contributed by atoms with Crippen molar-refractivity contribution in [1.29, 1.82) is 0 Å². The van der Waals surface area contributed by atoms with Crippen molar-refractivity contribution in [2.45, 2.75) is 25.8 Å². The summed E-state index contributed by atoms with van der Waals surface area (Å²) < 4.78 is 0. The van der Waals surface area contributed by atoms with E-state index in [2.05, 4.69) is 17.6 Å². The van der Waals surface area contributed by atoms with Crippen molar-refractivity contribution in [3.05, 3.63) is 0 Å². The molecular weight excluding hydrogens is 256 g/mol. The number of likely N-dealkylation sites (tertiary alicyclic amines) is 1. The van der Waals surface area contributed by atoms with Crippen LogP contribution >= 0.6 is 0 Å². The number of carbonyl (C=O) groups excluding carboxylic acids is 2. The fraction of sp³-hybridized carbons (Fsp3) is 0.857. The second-order valence-corrected chi connectivity index (χ2v) is 6.22. The third-order valence-electron chi connectivity index (χ3n) is 4.94. The van der Waals surface area contributed by atoms with Crippen molar-refractivity contribution in [2.24, 2.45) is 11.8 Å². The second kappa shape index (κ2) is 5.60. The smallest absolute Gasteiger partial charge is 0.317 e. The molecule has 0 radical (unpaired) electrons. The number of carbonyl (C=O) groups is 2. The van der Waals surface area contributed by atoms with Gasteiger partial charge in [-0.25, -0.2) is 4.79 Å². The van der Waals surface area contributed by atoms with E-state index in [-0.39, 0.29) is 11.9 Å². The number of nitrogens with one attached hydrogen (secondary N) is 2. The first-order chi connectivity index (χ1) is 9.66. The highest BCUT2D eigenvalue weighted by Gasteiger charge is 2.36. The van der Waals surface area contributed by atoms with Crippen LogP contribution in [0.3, 0.4) is 0 Å². The maximum Gasteiger partial charge on any atom is 0.317 e. The zero-order chi connectivity index (χ0) is 14.1. The molecule has 0 aliphatic carbocycles. The largest absolute Gasteiger partial charge is 0.342 e. The first-order valence-electron chi connectivity index (χ1n) is 7.71. The fourth-order valence-electron chi connectivity index (χ4n) is 3.61. The van der Waals surface area contributed by atoms with E-state index in [1.165, 1.54) is 0 Å². The average molecular weight is 280 g/mol. The SMILES string of the molecule is CC1CNCC1C(=O)N1CCC(N2CCNC2=O)CC1. The lowest BCUT2D eigenvalue weighted by atomic mass is 9.94. The summed E-state index contributed by atoms with van der Waals surface area (Å²) in [5.74, 6) is 0.873. The van der Waals surface area contributed by atoms with E-state index >= 15 is 0 Å². The van der Waals surface area contributed by atoms with Gasteiger partial charge in [0.25, 0.3) is 0 Å². The number of hydrogen-bond donors (Lipinski definition) is 2. The van der Waals surface area contributed by atoms with Gasteiger partial charge in [-0.05, 0) is 25.3 Å². The monoisotopic (exact) mass is 280 g/mol. The van der Waals surface area contributed by atoms with Crippen LogP contribution in [0.25, 0.3) is 0 Å². The van der Waals surface area contributed by atoms with E-state index < -0.39 is 0 Å². The van der Waals surface area contributed by atoms with Crippen molar-refractivity contribution in [2.75, 3.05) is 39.3 Å². The highest BCUT2D eigenvalue weighted by atomic mass is 16.2. The third kappa shape index (κ3) is 2.49. The molecule has 20 heavy (non-hydrogen) atoms.